The Bertz CT molecular complexity index is 499. The summed E-state index contributed by atoms with van der Waals surface area (Å²) in [5.41, 5.74) is 8.69. The van der Waals surface area contributed by atoms with E-state index in [1.165, 1.54) is 24.0 Å². The van der Waals surface area contributed by atoms with Crippen molar-refractivity contribution in [1.82, 2.24) is 10.2 Å². The van der Waals surface area contributed by atoms with Crippen molar-refractivity contribution in [3.05, 3.63) is 35.4 Å². The van der Waals surface area contributed by atoms with E-state index in [0.29, 0.717) is 17.8 Å². The quantitative estimate of drug-likeness (QED) is 0.596. The summed E-state index contributed by atoms with van der Waals surface area (Å²) < 4.78 is 0. The van der Waals surface area contributed by atoms with Crippen molar-refractivity contribution in [2.75, 3.05) is 26.2 Å². The molecule has 0 amide bonds. The summed E-state index contributed by atoms with van der Waals surface area (Å²) in [4.78, 5) is 7.08. The van der Waals surface area contributed by atoms with Gasteiger partial charge in [-0.25, -0.2) is 0 Å². The molecule has 134 valence electrons. The molecule has 1 aliphatic rings. The highest BCUT2D eigenvalue weighted by Crippen LogP contribution is 2.19. The maximum absolute atomic E-state index is 5.95. The number of hydrogen-bond donors (Lipinski definition) is 2. The minimum atomic E-state index is 0.609. The van der Waals surface area contributed by atoms with Crippen LogP contribution in [0.1, 0.15) is 44.2 Å². The van der Waals surface area contributed by atoms with Crippen LogP contribution in [0.3, 0.4) is 0 Å². The molecule has 1 heterocycles. The predicted octanol–water partition coefficient (Wildman–Crippen LogP) is 3.16. The molecule has 0 aromatic heterocycles. The summed E-state index contributed by atoms with van der Waals surface area (Å²) >= 11 is 0. The molecular formula is C20H34N4. The molecule has 24 heavy (non-hydrogen) atoms. The van der Waals surface area contributed by atoms with Crippen LogP contribution in [-0.4, -0.2) is 37.0 Å². The highest BCUT2D eigenvalue weighted by atomic mass is 15.1. The van der Waals surface area contributed by atoms with E-state index in [4.69, 9.17) is 5.73 Å². The molecule has 0 atom stereocenters. The standard InChI is InChI=1S/C20H34N4/c1-16(2)8-11-22-20(21)23-14-18-9-12-24(13-10-18)15-19-6-4-17(3)5-7-19/h4-7,16,18H,8-15H2,1-3H3,(H3,21,22,23). The molecule has 0 bridgehead atoms. The van der Waals surface area contributed by atoms with Crippen LogP contribution in [0.15, 0.2) is 29.3 Å². The van der Waals surface area contributed by atoms with E-state index in [0.717, 1.165) is 39.1 Å². The summed E-state index contributed by atoms with van der Waals surface area (Å²) in [5.74, 6) is 1.98. The normalized spacial score (nSPS) is 17.4. The molecule has 4 heteroatoms. The van der Waals surface area contributed by atoms with Gasteiger partial charge in [0.2, 0.25) is 0 Å². The number of nitrogens with zero attached hydrogens (tertiary/aromatic N) is 2. The predicted molar refractivity (Wildman–Crippen MR) is 103 cm³/mol. The van der Waals surface area contributed by atoms with Crippen molar-refractivity contribution in [2.24, 2.45) is 22.6 Å². The molecule has 0 radical (unpaired) electrons. The fourth-order valence-corrected chi connectivity index (χ4v) is 3.05. The Morgan fingerprint density at radius 3 is 2.54 bits per heavy atom. The second kappa shape index (κ2) is 9.67. The fourth-order valence-electron chi connectivity index (χ4n) is 3.05. The average molecular weight is 331 g/mol. The Morgan fingerprint density at radius 1 is 1.25 bits per heavy atom. The number of likely N-dealkylation sites (tertiary alicyclic amines) is 1. The zero-order chi connectivity index (χ0) is 17.4. The lowest BCUT2D eigenvalue weighted by Crippen LogP contribution is -2.36. The second-order valence-electron chi connectivity index (χ2n) is 7.54. The van der Waals surface area contributed by atoms with Gasteiger partial charge in [-0.3, -0.25) is 9.89 Å². The lowest BCUT2D eigenvalue weighted by molar-refractivity contribution is 0.180. The van der Waals surface area contributed by atoms with Gasteiger partial charge in [-0.1, -0.05) is 43.7 Å². The summed E-state index contributed by atoms with van der Waals surface area (Å²) in [5, 5.41) is 3.22. The highest BCUT2D eigenvalue weighted by Gasteiger charge is 2.19. The molecule has 2 rings (SSSR count). The molecule has 0 unspecified atom stereocenters. The van der Waals surface area contributed by atoms with E-state index in [1.54, 1.807) is 0 Å². The van der Waals surface area contributed by atoms with Crippen molar-refractivity contribution < 1.29 is 0 Å². The summed E-state index contributed by atoms with van der Waals surface area (Å²) in [6.07, 6.45) is 3.57. The van der Waals surface area contributed by atoms with Gasteiger partial charge in [-0.05, 0) is 56.7 Å². The van der Waals surface area contributed by atoms with Gasteiger partial charge in [0, 0.05) is 19.6 Å². The SMILES string of the molecule is Cc1ccc(CN2CCC(CN=C(N)NCCC(C)C)CC2)cc1. The molecule has 1 saturated heterocycles. The number of nitrogens with one attached hydrogen (secondary N) is 1. The number of aliphatic imine (C=N–C) groups is 1. The van der Waals surface area contributed by atoms with Crippen LogP contribution in [-0.2, 0) is 6.54 Å². The van der Waals surface area contributed by atoms with Crippen LogP contribution in [0.4, 0.5) is 0 Å². The lowest BCUT2D eigenvalue weighted by atomic mass is 9.96. The van der Waals surface area contributed by atoms with Crippen LogP contribution in [0.25, 0.3) is 0 Å². The maximum atomic E-state index is 5.95. The molecule has 1 aromatic carbocycles. The van der Waals surface area contributed by atoms with Crippen LogP contribution in [0.2, 0.25) is 0 Å². The third kappa shape index (κ3) is 6.91. The van der Waals surface area contributed by atoms with Gasteiger partial charge < -0.3 is 11.1 Å². The van der Waals surface area contributed by atoms with Gasteiger partial charge in [-0.2, -0.15) is 0 Å². The Morgan fingerprint density at radius 2 is 1.92 bits per heavy atom. The van der Waals surface area contributed by atoms with E-state index >= 15 is 0 Å². The maximum Gasteiger partial charge on any atom is 0.188 e. The Balaban J connectivity index is 1.66. The first kappa shape index (κ1) is 18.8. The topological polar surface area (TPSA) is 53.6 Å². The molecule has 3 N–H and O–H groups in total. The molecule has 0 spiro atoms. The Hall–Kier alpha value is -1.55. The van der Waals surface area contributed by atoms with Crippen molar-refractivity contribution in [2.45, 2.75) is 46.6 Å². The highest BCUT2D eigenvalue weighted by molar-refractivity contribution is 5.77. The molecule has 0 aliphatic carbocycles. The number of rotatable bonds is 7. The summed E-state index contributed by atoms with van der Waals surface area (Å²) in [6.45, 7) is 11.7. The van der Waals surface area contributed by atoms with E-state index in [2.05, 4.69) is 60.2 Å². The van der Waals surface area contributed by atoms with Crippen molar-refractivity contribution in [3.8, 4) is 0 Å². The van der Waals surface area contributed by atoms with E-state index < -0.39 is 0 Å². The number of nitrogens with two attached hydrogens (primary N) is 1. The largest absolute Gasteiger partial charge is 0.370 e. The Kier molecular flexibility index (Phi) is 7.57. The van der Waals surface area contributed by atoms with E-state index in [1.807, 2.05) is 0 Å². The first-order valence-corrected chi connectivity index (χ1v) is 9.34. The van der Waals surface area contributed by atoms with Crippen LogP contribution < -0.4 is 11.1 Å². The molecule has 0 saturated carbocycles. The average Bonchev–Trinajstić information content (AvgIpc) is 2.56. The van der Waals surface area contributed by atoms with Crippen molar-refractivity contribution in [1.29, 1.82) is 0 Å². The monoisotopic (exact) mass is 330 g/mol. The molecular weight excluding hydrogens is 296 g/mol. The van der Waals surface area contributed by atoms with Crippen LogP contribution in [0, 0.1) is 18.8 Å². The van der Waals surface area contributed by atoms with Gasteiger partial charge >= 0.3 is 0 Å². The van der Waals surface area contributed by atoms with Crippen molar-refractivity contribution in [3.63, 3.8) is 0 Å². The first-order chi connectivity index (χ1) is 11.5. The number of hydrogen-bond acceptors (Lipinski definition) is 2. The van der Waals surface area contributed by atoms with E-state index in [9.17, 15) is 0 Å². The molecule has 4 nitrogen and oxygen atoms in total. The summed E-state index contributed by atoms with van der Waals surface area (Å²) in [7, 11) is 0. The van der Waals surface area contributed by atoms with Gasteiger partial charge in [0.15, 0.2) is 5.96 Å². The zero-order valence-electron chi connectivity index (χ0n) is 15.6. The number of benzene rings is 1. The fraction of sp³-hybridized carbons (Fsp3) is 0.650. The van der Waals surface area contributed by atoms with Gasteiger partial charge in [-0.15, -0.1) is 0 Å². The Labute approximate surface area is 147 Å². The minimum Gasteiger partial charge on any atom is -0.370 e. The first-order valence-electron chi connectivity index (χ1n) is 9.34. The number of guanidine groups is 1. The molecule has 1 aliphatic heterocycles. The smallest absolute Gasteiger partial charge is 0.188 e. The summed E-state index contributed by atoms with van der Waals surface area (Å²) in [6, 6.07) is 8.89. The second-order valence-corrected chi connectivity index (χ2v) is 7.54. The molecule has 1 fully saturated rings. The third-order valence-corrected chi connectivity index (χ3v) is 4.78. The molecule has 1 aromatic rings. The van der Waals surface area contributed by atoms with Crippen LogP contribution in [0.5, 0.6) is 0 Å². The third-order valence-electron chi connectivity index (χ3n) is 4.78. The number of aryl methyl sites for hydroxylation is 1. The number of piperidine rings is 1. The van der Waals surface area contributed by atoms with Crippen LogP contribution >= 0.6 is 0 Å². The van der Waals surface area contributed by atoms with Gasteiger partial charge in [0.25, 0.3) is 0 Å². The lowest BCUT2D eigenvalue weighted by Gasteiger charge is -2.31. The van der Waals surface area contributed by atoms with Gasteiger partial charge in [0.1, 0.15) is 0 Å². The van der Waals surface area contributed by atoms with Crippen molar-refractivity contribution >= 4 is 5.96 Å². The van der Waals surface area contributed by atoms with Gasteiger partial charge in [0.05, 0.1) is 0 Å². The zero-order valence-corrected chi connectivity index (χ0v) is 15.6. The van der Waals surface area contributed by atoms with E-state index in [-0.39, 0.29) is 0 Å². The minimum absolute atomic E-state index is 0.609.